The summed E-state index contributed by atoms with van der Waals surface area (Å²) in [6.07, 6.45) is 3.02. The van der Waals surface area contributed by atoms with E-state index in [0.717, 1.165) is 5.69 Å². The third-order valence-electron chi connectivity index (χ3n) is 3.56. The number of aryl methyl sites for hydroxylation is 1. The fourth-order valence-electron chi connectivity index (χ4n) is 1.99. The number of carbonyl (C=O) groups excluding carboxylic acids is 1. The molecule has 0 radical (unpaired) electrons. The molecule has 7 heteroatoms. The predicted octanol–water partition coefficient (Wildman–Crippen LogP) is 0.905. The van der Waals surface area contributed by atoms with Crippen molar-refractivity contribution in [2.24, 2.45) is 7.05 Å². The molecule has 2 amide bonds. The fourth-order valence-corrected chi connectivity index (χ4v) is 1.99. The number of urea groups is 1. The third kappa shape index (κ3) is 3.72. The Morgan fingerprint density at radius 1 is 1.40 bits per heavy atom. The number of amides is 2. The van der Waals surface area contributed by atoms with Crippen LogP contribution < -0.4 is 10.6 Å². The van der Waals surface area contributed by atoms with Gasteiger partial charge in [-0.2, -0.15) is 5.10 Å². The van der Waals surface area contributed by atoms with Crippen LogP contribution in [-0.4, -0.2) is 39.0 Å². The molecule has 0 saturated carbocycles. The summed E-state index contributed by atoms with van der Waals surface area (Å²) in [6.45, 7) is 3.91. The molecule has 0 spiro atoms. The number of aliphatic carboxylic acids is 1. The zero-order chi connectivity index (χ0) is 15.2. The van der Waals surface area contributed by atoms with Crippen molar-refractivity contribution < 1.29 is 14.7 Å². The summed E-state index contributed by atoms with van der Waals surface area (Å²) < 4.78 is 1.74. The molecule has 0 aliphatic carbocycles. The van der Waals surface area contributed by atoms with Crippen molar-refractivity contribution in [3.05, 3.63) is 18.0 Å². The first-order valence-corrected chi connectivity index (χ1v) is 6.71. The summed E-state index contributed by atoms with van der Waals surface area (Å²) in [5, 5.41) is 18.5. The van der Waals surface area contributed by atoms with Gasteiger partial charge in [0.2, 0.25) is 0 Å². The average molecular weight is 282 g/mol. The van der Waals surface area contributed by atoms with E-state index in [1.54, 1.807) is 24.7 Å². The Bertz CT molecular complexity index is 466. The molecule has 1 aromatic heterocycles. The zero-order valence-corrected chi connectivity index (χ0v) is 12.1. The topological polar surface area (TPSA) is 96.3 Å². The smallest absolute Gasteiger partial charge is 0.329 e. The van der Waals surface area contributed by atoms with Gasteiger partial charge in [-0.05, 0) is 18.9 Å². The van der Waals surface area contributed by atoms with Crippen molar-refractivity contribution in [2.45, 2.75) is 38.6 Å². The highest BCUT2D eigenvalue weighted by molar-refractivity contribution is 5.86. The van der Waals surface area contributed by atoms with Gasteiger partial charge in [-0.25, -0.2) is 9.59 Å². The van der Waals surface area contributed by atoms with E-state index >= 15 is 0 Å². The van der Waals surface area contributed by atoms with Gasteiger partial charge in [-0.1, -0.05) is 13.8 Å². The van der Waals surface area contributed by atoms with E-state index < -0.39 is 17.5 Å². The van der Waals surface area contributed by atoms with Gasteiger partial charge in [0.05, 0.1) is 0 Å². The zero-order valence-electron chi connectivity index (χ0n) is 12.1. The molecule has 20 heavy (non-hydrogen) atoms. The first kappa shape index (κ1) is 16.0. The lowest BCUT2D eigenvalue weighted by Gasteiger charge is -2.28. The minimum absolute atomic E-state index is 0.341. The van der Waals surface area contributed by atoms with Crippen molar-refractivity contribution in [1.29, 1.82) is 0 Å². The summed E-state index contributed by atoms with van der Waals surface area (Å²) in [6, 6.07) is 1.41. The molecule has 1 aromatic rings. The summed E-state index contributed by atoms with van der Waals surface area (Å²) in [5.41, 5.74) is -0.197. The minimum Gasteiger partial charge on any atom is -0.480 e. The van der Waals surface area contributed by atoms with Crippen LogP contribution in [0.25, 0.3) is 0 Å². The second kappa shape index (κ2) is 6.93. The molecule has 1 rings (SSSR count). The first-order valence-electron chi connectivity index (χ1n) is 6.71. The second-order valence-electron chi connectivity index (χ2n) is 4.67. The number of carboxylic acid groups (broad SMARTS) is 1. The highest BCUT2D eigenvalue weighted by atomic mass is 16.4. The highest BCUT2D eigenvalue weighted by Gasteiger charge is 2.36. The number of nitrogens with zero attached hydrogens (tertiary/aromatic N) is 2. The maximum absolute atomic E-state index is 11.8. The van der Waals surface area contributed by atoms with Gasteiger partial charge in [0, 0.05) is 31.9 Å². The van der Waals surface area contributed by atoms with Crippen LogP contribution in [0.3, 0.4) is 0 Å². The number of hydrogen-bond acceptors (Lipinski definition) is 3. The van der Waals surface area contributed by atoms with Crippen LogP contribution in [0, 0.1) is 0 Å². The van der Waals surface area contributed by atoms with Crippen LogP contribution >= 0.6 is 0 Å². The Morgan fingerprint density at radius 2 is 2.05 bits per heavy atom. The molecule has 0 atom stereocenters. The minimum atomic E-state index is -1.20. The van der Waals surface area contributed by atoms with Crippen molar-refractivity contribution >= 4 is 12.0 Å². The average Bonchev–Trinajstić information content (AvgIpc) is 2.81. The lowest BCUT2D eigenvalue weighted by atomic mass is 9.93. The number of rotatable bonds is 7. The van der Waals surface area contributed by atoms with Crippen molar-refractivity contribution in [3.8, 4) is 0 Å². The lowest BCUT2D eigenvalue weighted by Crippen LogP contribution is -2.56. The van der Waals surface area contributed by atoms with Gasteiger partial charge in [-0.15, -0.1) is 0 Å². The Hall–Kier alpha value is -2.05. The van der Waals surface area contributed by atoms with E-state index in [0.29, 0.717) is 25.8 Å². The van der Waals surface area contributed by atoms with Crippen LogP contribution in [0.15, 0.2) is 12.3 Å². The van der Waals surface area contributed by atoms with E-state index in [2.05, 4.69) is 15.7 Å². The van der Waals surface area contributed by atoms with Crippen molar-refractivity contribution in [2.75, 3.05) is 6.54 Å². The maximum atomic E-state index is 11.8. The Balaban J connectivity index is 2.47. The van der Waals surface area contributed by atoms with Crippen LogP contribution in [0.5, 0.6) is 0 Å². The van der Waals surface area contributed by atoms with Gasteiger partial charge < -0.3 is 15.7 Å². The quantitative estimate of drug-likeness (QED) is 0.692. The number of aromatic nitrogens is 2. The highest BCUT2D eigenvalue weighted by Crippen LogP contribution is 2.15. The monoisotopic (exact) mass is 282 g/mol. The van der Waals surface area contributed by atoms with E-state index in [9.17, 15) is 14.7 Å². The normalized spacial score (nSPS) is 11.2. The fraction of sp³-hybridized carbons (Fsp3) is 0.615. The molecular formula is C13H22N4O3. The van der Waals surface area contributed by atoms with E-state index in [-0.39, 0.29) is 0 Å². The third-order valence-corrected chi connectivity index (χ3v) is 3.56. The second-order valence-corrected chi connectivity index (χ2v) is 4.67. The number of hydrogen-bond donors (Lipinski definition) is 3. The van der Waals surface area contributed by atoms with Crippen molar-refractivity contribution in [3.63, 3.8) is 0 Å². The SMILES string of the molecule is CCC(CC)(NC(=O)NCCc1ccnn1C)C(=O)O. The van der Waals surface area contributed by atoms with E-state index in [4.69, 9.17) is 0 Å². The molecule has 0 aliphatic rings. The van der Waals surface area contributed by atoms with E-state index in [1.807, 2.05) is 13.1 Å². The molecule has 7 nitrogen and oxygen atoms in total. The molecule has 0 saturated heterocycles. The summed E-state index contributed by atoms with van der Waals surface area (Å²) in [4.78, 5) is 23.1. The molecule has 0 fully saturated rings. The number of nitrogens with one attached hydrogen (secondary N) is 2. The Kier molecular flexibility index (Phi) is 5.54. The molecule has 0 aromatic carbocycles. The lowest BCUT2D eigenvalue weighted by molar-refractivity contribution is -0.144. The van der Waals surface area contributed by atoms with Crippen LogP contribution in [0.2, 0.25) is 0 Å². The Morgan fingerprint density at radius 3 is 2.50 bits per heavy atom. The summed E-state index contributed by atoms with van der Waals surface area (Å²) in [5.74, 6) is -1.01. The number of carboxylic acids is 1. The molecule has 3 N–H and O–H groups in total. The molecule has 0 unspecified atom stereocenters. The van der Waals surface area contributed by atoms with E-state index in [1.165, 1.54) is 0 Å². The number of carbonyl (C=O) groups is 2. The molecular weight excluding hydrogens is 260 g/mol. The summed E-state index contributed by atoms with van der Waals surface area (Å²) >= 11 is 0. The molecule has 0 bridgehead atoms. The summed E-state index contributed by atoms with van der Waals surface area (Å²) in [7, 11) is 1.83. The standard InChI is InChI=1S/C13H22N4O3/c1-4-13(5-2,11(18)19)16-12(20)14-8-6-10-7-9-15-17(10)3/h7,9H,4-6,8H2,1-3H3,(H,18,19)(H2,14,16,20). The molecule has 112 valence electrons. The first-order chi connectivity index (χ1) is 9.45. The largest absolute Gasteiger partial charge is 0.480 e. The van der Waals surface area contributed by atoms with Crippen LogP contribution in [0.4, 0.5) is 4.79 Å². The van der Waals surface area contributed by atoms with Crippen LogP contribution in [-0.2, 0) is 18.3 Å². The van der Waals surface area contributed by atoms with Gasteiger partial charge in [0.15, 0.2) is 0 Å². The van der Waals surface area contributed by atoms with Gasteiger partial charge in [0.25, 0.3) is 0 Å². The van der Waals surface area contributed by atoms with Crippen molar-refractivity contribution in [1.82, 2.24) is 20.4 Å². The predicted molar refractivity (Wildman–Crippen MR) is 74.4 cm³/mol. The maximum Gasteiger partial charge on any atom is 0.329 e. The van der Waals surface area contributed by atoms with Gasteiger partial charge in [0.1, 0.15) is 5.54 Å². The van der Waals surface area contributed by atoms with Crippen LogP contribution in [0.1, 0.15) is 32.4 Å². The molecule has 1 heterocycles. The van der Waals surface area contributed by atoms with Gasteiger partial charge in [-0.3, -0.25) is 4.68 Å². The Labute approximate surface area is 118 Å². The molecule has 0 aliphatic heterocycles. The van der Waals surface area contributed by atoms with Gasteiger partial charge >= 0.3 is 12.0 Å².